The summed E-state index contributed by atoms with van der Waals surface area (Å²) in [6.45, 7) is 3.62. The van der Waals surface area contributed by atoms with Crippen LogP contribution < -0.4 is 10.3 Å². The number of rotatable bonds is 6. The van der Waals surface area contributed by atoms with Gasteiger partial charge in [0, 0.05) is 49.9 Å². The smallest absolute Gasteiger partial charge is 0.258 e. The zero-order chi connectivity index (χ0) is 19.7. The van der Waals surface area contributed by atoms with E-state index in [1.54, 1.807) is 7.11 Å². The number of methoxy groups -OCH3 is 1. The van der Waals surface area contributed by atoms with Gasteiger partial charge in [-0.05, 0) is 56.3 Å². The van der Waals surface area contributed by atoms with Crippen LogP contribution in [0, 0.1) is 0 Å². The number of ether oxygens (including phenoxy) is 1. The van der Waals surface area contributed by atoms with Crippen LogP contribution in [0.4, 0.5) is 0 Å². The van der Waals surface area contributed by atoms with Crippen molar-refractivity contribution in [1.82, 2.24) is 14.4 Å². The zero-order valence-corrected chi connectivity index (χ0v) is 17.3. The maximum atomic E-state index is 13.4. The van der Waals surface area contributed by atoms with Gasteiger partial charge < -0.3 is 14.2 Å². The molecule has 0 spiro atoms. The maximum absolute atomic E-state index is 13.4. The van der Waals surface area contributed by atoms with Gasteiger partial charge in [-0.1, -0.05) is 18.6 Å². The Morgan fingerprint density at radius 1 is 1.21 bits per heavy atom. The Morgan fingerprint density at radius 3 is 2.71 bits per heavy atom. The van der Waals surface area contributed by atoms with Crippen LogP contribution in [-0.4, -0.2) is 54.7 Å². The summed E-state index contributed by atoms with van der Waals surface area (Å²) in [7, 11) is 5.78. The van der Waals surface area contributed by atoms with E-state index in [0.29, 0.717) is 0 Å². The lowest BCUT2D eigenvalue weighted by molar-refractivity contribution is 0.111. The number of hydrogen-bond donors (Lipinski definition) is 0. The van der Waals surface area contributed by atoms with Crippen LogP contribution in [0.5, 0.6) is 5.75 Å². The van der Waals surface area contributed by atoms with Crippen molar-refractivity contribution in [2.24, 2.45) is 0 Å². The Morgan fingerprint density at radius 2 is 2.04 bits per heavy atom. The van der Waals surface area contributed by atoms with Crippen LogP contribution in [0.15, 0.2) is 35.1 Å². The second-order valence-corrected chi connectivity index (χ2v) is 8.33. The summed E-state index contributed by atoms with van der Waals surface area (Å²) in [5, 5.41) is 0. The first-order valence-electron chi connectivity index (χ1n) is 10.4. The molecule has 0 bridgehead atoms. The summed E-state index contributed by atoms with van der Waals surface area (Å²) in [4.78, 5) is 18.2. The highest BCUT2D eigenvalue weighted by molar-refractivity contribution is 5.65. The van der Waals surface area contributed by atoms with E-state index in [4.69, 9.17) is 4.74 Å². The topological polar surface area (TPSA) is 37.7 Å². The lowest BCUT2D eigenvalue weighted by atomic mass is 9.89. The third-order valence-corrected chi connectivity index (χ3v) is 6.24. The summed E-state index contributed by atoms with van der Waals surface area (Å²) < 4.78 is 7.41. The van der Waals surface area contributed by atoms with E-state index in [1.807, 2.05) is 28.8 Å². The lowest BCUT2D eigenvalue weighted by Gasteiger charge is -2.41. The van der Waals surface area contributed by atoms with Crippen molar-refractivity contribution in [3.8, 4) is 16.9 Å². The Balaban J connectivity index is 1.77. The molecule has 0 atom stereocenters. The van der Waals surface area contributed by atoms with Gasteiger partial charge >= 0.3 is 0 Å². The molecular weight excluding hydrogens is 350 g/mol. The molecule has 1 aliphatic carbocycles. The largest absolute Gasteiger partial charge is 0.497 e. The highest BCUT2D eigenvalue weighted by atomic mass is 16.5. The minimum absolute atomic E-state index is 0.117. The molecule has 1 aromatic carbocycles. The molecule has 2 heterocycles. The molecule has 0 amide bonds. The van der Waals surface area contributed by atoms with Crippen LogP contribution in [0.3, 0.4) is 0 Å². The van der Waals surface area contributed by atoms with E-state index < -0.39 is 0 Å². The van der Waals surface area contributed by atoms with Crippen molar-refractivity contribution >= 4 is 0 Å². The first kappa shape index (κ1) is 19.2. The van der Waals surface area contributed by atoms with Crippen LogP contribution in [0.25, 0.3) is 11.1 Å². The molecule has 0 radical (unpaired) electrons. The van der Waals surface area contributed by atoms with E-state index >= 15 is 0 Å². The first-order chi connectivity index (χ1) is 13.6. The van der Waals surface area contributed by atoms with E-state index in [-0.39, 0.29) is 5.56 Å². The van der Waals surface area contributed by atoms with Crippen molar-refractivity contribution in [1.29, 1.82) is 0 Å². The summed E-state index contributed by atoms with van der Waals surface area (Å²) in [5.74, 6) is 0.783. The molecule has 0 unspecified atom stereocenters. The monoisotopic (exact) mass is 381 g/mol. The highest BCUT2D eigenvalue weighted by Crippen LogP contribution is 2.31. The number of fused-ring (bicyclic) bond motifs is 1. The molecule has 4 rings (SSSR count). The van der Waals surface area contributed by atoms with Gasteiger partial charge in [-0.2, -0.15) is 0 Å². The maximum Gasteiger partial charge on any atom is 0.258 e. The van der Waals surface area contributed by atoms with Gasteiger partial charge in [0.1, 0.15) is 5.75 Å². The Kier molecular flexibility index (Phi) is 5.56. The number of nitrogens with zero attached hydrogens (tertiary/aromatic N) is 3. The second kappa shape index (κ2) is 8.10. The molecule has 2 aliphatic rings. The second-order valence-electron chi connectivity index (χ2n) is 8.33. The Hall–Kier alpha value is -2.11. The summed E-state index contributed by atoms with van der Waals surface area (Å²) in [6, 6.07) is 10.7. The number of aromatic nitrogens is 1. The normalized spacial score (nSPS) is 17.4. The van der Waals surface area contributed by atoms with E-state index in [1.165, 1.54) is 30.5 Å². The molecule has 1 aliphatic heterocycles. The quantitative estimate of drug-likeness (QED) is 0.771. The lowest BCUT2D eigenvalue weighted by Crippen LogP contribution is -2.45. The summed E-state index contributed by atoms with van der Waals surface area (Å²) in [5.41, 5.74) is 4.38. The molecule has 150 valence electrons. The van der Waals surface area contributed by atoms with E-state index in [2.05, 4.69) is 30.0 Å². The van der Waals surface area contributed by atoms with Gasteiger partial charge in [-0.15, -0.1) is 0 Å². The van der Waals surface area contributed by atoms with Crippen molar-refractivity contribution < 1.29 is 4.74 Å². The summed E-state index contributed by atoms with van der Waals surface area (Å²) in [6.07, 6.45) is 4.95. The minimum Gasteiger partial charge on any atom is -0.497 e. The molecule has 2 aromatic rings. The molecule has 28 heavy (non-hydrogen) atoms. The zero-order valence-electron chi connectivity index (χ0n) is 17.3. The van der Waals surface area contributed by atoms with Crippen molar-refractivity contribution in [3.05, 3.63) is 51.9 Å². The van der Waals surface area contributed by atoms with E-state index in [0.717, 1.165) is 55.5 Å². The van der Waals surface area contributed by atoms with Crippen LogP contribution in [-0.2, 0) is 19.5 Å². The van der Waals surface area contributed by atoms with E-state index in [9.17, 15) is 4.79 Å². The first-order valence-corrected chi connectivity index (χ1v) is 10.4. The fourth-order valence-corrected chi connectivity index (χ4v) is 4.34. The van der Waals surface area contributed by atoms with Gasteiger partial charge in [0.2, 0.25) is 0 Å². The highest BCUT2D eigenvalue weighted by Gasteiger charge is 2.29. The van der Waals surface area contributed by atoms with Crippen LogP contribution in [0.1, 0.15) is 30.5 Å². The van der Waals surface area contributed by atoms with Crippen molar-refractivity contribution in [2.75, 3.05) is 34.3 Å². The third kappa shape index (κ3) is 3.74. The predicted octanol–water partition coefficient (Wildman–Crippen LogP) is 3.00. The van der Waals surface area contributed by atoms with Crippen LogP contribution in [0.2, 0.25) is 0 Å². The molecular formula is C23H31N3O2. The van der Waals surface area contributed by atoms with Crippen LogP contribution >= 0.6 is 0 Å². The van der Waals surface area contributed by atoms with Gasteiger partial charge in [0.05, 0.1) is 7.11 Å². The fraction of sp³-hybridized carbons (Fsp3) is 0.522. The molecule has 1 fully saturated rings. The number of benzene rings is 1. The minimum atomic E-state index is 0.117. The molecule has 0 saturated heterocycles. The number of pyridine rings is 1. The number of likely N-dealkylation sites (N-methyl/N-ethyl adjacent to an activating group) is 1. The van der Waals surface area contributed by atoms with Crippen molar-refractivity contribution in [2.45, 2.75) is 44.8 Å². The average molecular weight is 382 g/mol. The Labute approximate surface area is 167 Å². The predicted molar refractivity (Wildman–Crippen MR) is 113 cm³/mol. The SMILES string of the molecule is COc1cccc(-c2cc3c(n(CCN(C)C)c2=O)CCN(C2CCC2)C3)c1. The van der Waals surface area contributed by atoms with Gasteiger partial charge in [0.15, 0.2) is 0 Å². The molecule has 0 N–H and O–H groups in total. The number of hydrogen-bond acceptors (Lipinski definition) is 4. The Bertz CT molecular complexity index is 899. The molecule has 5 nitrogen and oxygen atoms in total. The third-order valence-electron chi connectivity index (χ3n) is 6.24. The fourth-order valence-electron chi connectivity index (χ4n) is 4.34. The molecule has 1 aromatic heterocycles. The standard InChI is InChI=1S/C23H31N3O2/c1-24(2)12-13-26-22-10-11-25(19-7-5-8-19)16-18(22)15-21(23(26)27)17-6-4-9-20(14-17)28-3/h4,6,9,14-15,19H,5,7-8,10-13,16H2,1-3H3. The summed E-state index contributed by atoms with van der Waals surface area (Å²) >= 11 is 0. The van der Waals surface area contributed by atoms with Gasteiger partial charge in [-0.3, -0.25) is 9.69 Å². The van der Waals surface area contributed by atoms with Gasteiger partial charge in [-0.25, -0.2) is 0 Å². The van der Waals surface area contributed by atoms with Gasteiger partial charge in [0.25, 0.3) is 5.56 Å². The molecule has 1 saturated carbocycles. The average Bonchev–Trinajstić information content (AvgIpc) is 2.65. The van der Waals surface area contributed by atoms with Crippen molar-refractivity contribution in [3.63, 3.8) is 0 Å². The molecule has 5 heteroatoms.